The minimum Gasteiger partial charge on any atom is -0.376 e. The number of carbonyl (C=O) groups is 2. The van der Waals surface area contributed by atoms with Gasteiger partial charge in [-0.25, -0.2) is 0 Å². The highest BCUT2D eigenvalue weighted by atomic mass is 16.6. The maximum atomic E-state index is 12.1. The van der Waals surface area contributed by atoms with Crippen LogP contribution in [-0.4, -0.2) is 42.3 Å². The van der Waals surface area contributed by atoms with Crippen LogP contribution >= 0.6 is 0 Å². The highest BCUT2D eigenvalue weighted by Gasteiger charge is 2.16. The van der Waals surface area contributed by atoms with E-state index >= 15 is 0 Å². The molecule has 0 unspecified atom stereocenters. The topological polar surface area (TPSA) is 105 Å². The predicted octanol–water partition coefficient (Wildman–Crippen LogP) is 2.66. The van der Waals surface area contributed by atoms with E-state index in [-0.39, 0.29) is 23.8 Å². The third-order valence-corrected chi connectivity index (χ3v) is 3.59. The van der Waals surface area contributed by atoms with E-state index in [4.69, 9.17) is 0 Å². The van der Waals surface area contributed by atoms with E-state index in [2.05, 4.69) is 10.6 Å². The average molecular weight is 356 g/mol. The minimum atomic E-state index is -0.535. The zero-order chi connectivity index (χ0) is 19.3. The zero-order valence-electron chi connectivity index (χ0n) is 14.8. The molecule has 0 fully saturated rings. The second-order valence-electron chi connectivity index (χ2n) is 5.96. The molecule has 0 aromatic heterocycles. The van der Waals surface area contributed by atoms with Gasteiger partial charge in [-0.15, -0.1) is 0 Å². The fraction of sp³-hybridized carbons (Fsp3) is 0.222. The standard InChI is InChI=1S/C18H20N4O4/c1-12-7-8-15(16(9-12)22(25)26)20-17(23)11-19-14-6-4-5-13(10-14)18(24)21(2)3/h4-10,19H,11H2,1-3H3,(H,20,23). The van der Waals surface area contributed by atoms with Crippen LogP contribution in [0.4, 0.5) is 17.1 Å². The Hall–Kier alpha value is -3.42. The highest BCUT2D eigenvalue weighted by molar-refractivity contribution is 5.97. The van der Waals surface area contributed by atoms with E-state index < -0.39 is 10.8 Å². The van der Waals surface area contributed by atoms with Gasteiger partial charge in [0, 0.05) is 31.4 Å². The third kappa shape index (κ3) is 4.79. The average Bonchev–Trinajstić information content (AvgIpc) is 2.60. The van der Waals surface area contributed by atoms with Crippen molar-refractivity contribution in [3.8, 4) is 0 Å². The first-order valence-corrected chi connectivity index (χ1v) is 7.88. The molecular weight excluding hydrogens is 336 g/mol. The molecule has 0 aliphatic carbocycles. The summed E-state index contributed by atoms with van der Waals surface area (Å²) in [5.41, 5.74) is 1.82. The van der Waals surface area contributed by atoms with Crippen LogP contribution < -0.4 is 10.6 Å². The Bertz CT molecular complexity index is 849. The van der Waals surface area contributed by atoms with Crippen molar-refractivity contribution in [2.75, 3.05) is 31.3 Å². The molecule has 26 heavy (non-hydrogen) atoms. The summed E-state index contributed by atoms with van der Waals surface area (Å²) in [6.45, 7) is 1.65. The Morgan fingerprint density at radius 2 is 1.88 bits per heavy atom. The Balaban J connectivity index is 2.03. The van der Waals surface area contributed by atoms with Crippen molar-refractivity contribution in [2.45, 2.75) is 6.92 Å². The molecule has 2 amide bonds. The summed E-state index contributed by atoms with van der Waals surface area (Å²) in [6, 6.07) is 11.4. The molecular formula is C18H20N4O4. The number of nitrogens with one attached hydrogen (secondary N) is 2. The molecule has 2 aromatic carbocycles. The van der Waals surface area contributed by atoms with E-state index in [0.717, 1.165) is 5.56 Å². The molecule has 0 atom stereocenters. The molecule has 0 saturated heterocycles. The number of hydrogen-bond donors (Lipinski definition) is 2. The van der Waals surface area contributed by atoms with Crippen molar-refractivity contribution in [2.24, 2.45) is 0 Å². The highest BCUT2D eigenvalue weighted by Crippen LogP contribution is 2.25. The number of nitro benzene ring substituents is 1. The van der Waals surface area contributed by atoms with Gasteiger partial charge in [-0.1, -0.05) is 12.1 Å². The molecule has 0 spiro atoms. The second-order valence-corrected chi connectivity index (χ2v) is 5.96. The van der Waals surface area contributed by atoms with Crippen molar-refractivity contribution >= 4 is 28.9 Å². The number of nitrogens with zero attached hydrogens (tertiary/aromatic N) is 2. The van der Waals surface area contributed by atoms with Crippen LogP contribution in [0.25, 0.3) is 0 Å². The van der Waals surface area contributed by atoms with E-state index in [1.165, 1.54) is 17.0 Å². The van der Waals surface area contributed by atoms with Gasteiger partial charge in [0.1, 0.15) is 5.69 Å². The Morgan fingerprint density at radius 1 is 1.15 bits per heavy atom. The van der Waals surface area contributed by atoms with Gasteiger partial charge in [0.25, 0.3) is 11.6 Å². The smallest absolute Gasteiger partial charge is 0.293 e. The van der Waals surface area contributed by atoms with Crippen molar-refractivity contribution in [1.82, 2.24) is 4.90 Å². The van der Waals surface area contributed by atoms with Crippen molar-refractivity contribution in [3.63, 3.8) is 0 Å². The summed E-state index contributed by atoms with van der Waals surface area (Å²) in [4.78, 5) is 36.1. The molecule has 2 aromatic rings. The van der Waals surface area contributed by atoms with E-state index in [9.17, 15) is 19.7 Å². The first-order chi connectivity index (χ1) is 12.3. The van der Waals surface area contributed by atoms with Gasteiger partial charge in [0.2, 0.25) is 5.91 Å². The van der Waals surface area contributed by atoms with E-state index in [1.807, 2.05) is 0 Å². The van der Waals surface area contributed by atoms with Crippen LogP contribution in [0.2, 0.25) is 0 Å². The Morgan fingerprint density at radius 3 is 2.54 bits per heavy atom. The molecule has 2 N–H and O–H groups in total. The molecule has 136 valence electrons. The van der Waals surface area contributed by atoms with E-state index in [0.29, 0.717) is 11.3 Å². The van der Waals surface area contributed by atoms with Gasteiger partial charge in [0.05, 0.1) is 11.5 Å². The maximum Gasteiger partial charge on any atom is 0.293 e. The third-order valence-electron chi connectivity index (χ3n) is 3.59. The number of aryl methyl sites for hydroxylation is 1. The second kappa shape index (κ2) is 8.11. The molecule has 0 aliphatic rings. The predicted molar refractivity (Wildman–Crippen MR) is 99.4 cm³/mol. The fourth-order valence-electron chi connectivity index (χ4n) is 2.30. The molecule has 8 nitrogen and oxygen atoms in total. The number of rotatable bonds is 6. The van der Waals surface area contributed by atoms with Crippen LogP contribution in [-0.2, 0) is 4.79 Å². The van der Waals surface area contributed by atoms with Crippen LogP contribution in [0.1, 0.15) is 15.9 Å². The van der Waals surface area contributed by atoms with Crippen molar-refractivity contribution in [1.29, 1.82) is 0 Å². The number of nitro groups is 1. The first kappa shape index (κ1) is 18.9. The summed E-state index contributed by atoms with van der Waals surface area (Å²) in [5.74, 6) is -0.574. The van der Waals surface area contributed by atoms with Gasteiger partial charge in [-0.3, -0.25) is 19.7 Å². The lowest BCUT2D eigenvalue weighted by atomic mass is 10.2. The number of benzene rings is 2. The number of carbonyl (C=O) groups excluding carboxylic acids is 2. The van der Waals surface area contributed by atoms with Gasteiger partial charge in [-0.2, -0.15) is 0 Å². The number of hydrogen-bond acceptors (Lipinski definition) is 5. The lowest BCUT2D eigenvalue weighted by Crippen LogP contribution is -2.23. The largest absolute Gasteiger partial charge is 0.376 e. The summed E-state index contributed by atoms with van der Waals surface area (Å²) in [5, 5.41) is 16.5. The molecule has 0 aliphatic heterocycles. The molecule has 0 radical (unpaired) electrons. The van der Waals surface area contributed by atoms with Gasteiger partial charge in [-0.05, 0) is 36.8 Å². The van der Waals surface area contributed by atoms with Crippen molar-refractivity contribution < 1.29 is 14.5 Å². The molecule has 0 bridgehead atoms. The normalized spacial score (nSPS) is 10.1. The molecule has 0 saturated carbocycles. The van der Waals surface area contributed by atoms with Crippen LogP contribution in [0, 0.1) is 17.0 Å². The summed E-state index contributed by atoms with van der Waals surface area (Å²) < 4.78 is 0. The molecule has 8 heteroatoms. The molecule has 2 rings (SSSR count). The Labute approximate surface area is 151 Å². The first-order valence-electron chi connectivity index (χ1n) is 7.88. The van der Waals surface area contributed by atoms with Gasteiger partial charge >= 0.3 is 0 Å². The van der Waals surface area contributed by atoms with Crippen molar-refractivity contribution in [3.05, 3.63) is 63.7 Å². The summed E-state index contributed by atoms with van der Waals surface area (Å²) in [6.07, 6.45) is 0. The lowest BCUT2D eigenvalue weighted by Gasteiger charge is -2.12. The minimum absolute atomic E-state index is 0.0926. The van der Waals surface area contributed by atoms with Crippen LogP contribution in [0.5, 0.6) is 0 Å². The van der Waals surface area contributed by atoms with Gasteiger partial charge in [0.15, 0.2) is 0 Å². The fourth-order valence-corrected chi connectivity index (χ4v) is 2.30. The van der Waals surface area contributed by atoms with E-state index in [1.54, 1.807) is 51.4 Å². The Kier molecular flexibility index (Phi) is 5.90. The van der Waals surface area contributed by atoms with Crippen LogP contribution in [0.15, 0.2) is 42.5 Å². The summed E-state index contributed by atoms with van der Waals surface area (Å²) in [7, 11) is 3.31. The quantitative estimate of drug-likeness (QED) is 0.611. The van der Waals surface area contributed by atoms with Crippen LogP contribution in [0.3, 0.4) is 0 Å². The monoisotopic (exact) mass is 356 g/mol. The zero-order valence-corrected chi connectivity index (χ0v) is 14.8. The molecule has 0 heterocycles. The SMILES string of the molecule is Cc1ccc(NC(=O)CNc2cccc(C(=O)N(C)C)c2)c([N+](=O)[O-])c1. The number of amides is 2. The van der Waals surface area contributed by atoms with Gasteiger partial charge < -0.3 is 15.5 Å². The maximum absolute atomic E-state index is 12.1. The summed E-state index contributed by atoms with van der Waals surface area (Å²) >= 11 is 0. The lowest BCUT2D eigenvalue weighted by molar-refractivity contribution is -0.384. The number of anilines is 2.